The number of hydrogen-bond acceptors (Lipinski definition) is 3. The average molecular weight is 264 g/mol. The Balaban J connectivity index is 2.03. The number of carbonyl (C=O) groups is 2. The molecule has 3 rings (SSSR count). The highest BCUT2D eigenvalue weighted by atomic mass is 16.5. The maximum Gasteiger partial charge on any atom is 0.145 e. The lowest BCUT2D eigenvalue weighted by Crippen LogP contribution is -2.60. The average Bonchev–Trinajstić information content (AvgIpc) is 3.11. The zero-order valence-electron chi connectivity index (χ0n) is 12.2. The monoisotopic (exact) mass is 264 g/mol. The molecule has 4 atom stereocenters. The summed E-state index contributed by atoms with van der Waals surface area (Å²) in [6.45, 7) is 6.50. The summed E-state index contributed by atoms with van der Waals surface area (Å²) >= 11 is 0. The first kappa shape index (κ1) is 13.3. The van der Waals surface area contributed by atoms with E-state index in [2.05, 4.69) is 0 Å². The highest BCUT2D eigenvalue weighted by Crippen LogP contribution is 2.67. The number of Topliss-reactive ketones (excluding diaryl/α,β-unsaturated/α-hetero) is 2. The SMILES string of the molecule is CCO[C@H]1CCC2(CC2)[C@@H]2C(=O)C[C@@H](C)C(=O)[C@@]12C. The van der Waals surface area contributed by atoms with E-state index in [0.717, 1.165) is 25.7 Å². The van der Waals surface area contributed by atoms with Gasteiger partial charge in [0.25, 0.3) is 0 Å². The van der Waals surface area contributed by atoms with Crippen LogP contribution in [0.3, 0.4) is 0 Å². The zero-order chi connectivity index (χ0) is 13.8. The van der Waals surface area contributed by atoms with E-state index in [9.17, 15) is 9.59 Å². The van der Waals surface area contributed by atoms with Gasteiger partial charge in [-0.3, -0.25) is 9.59 Å². The van der Waals surface area contributed by atoms with Crippen molar-refractivity contribution in [1.82, 2.24) is 0 Å². The summed E-state index contributed by atoms with van der Waals surface area (Å²) in [6, 6.07) is 0. The molecule has 3 heteroatoms. The van der Waals surface area contributed by atoms with E-state index in [4.69, 9.17) is 4.74 Å². The Morgan fingerprint density at radius 1 is 1.26 bits per heavy atom. The van der Waals surface area contributed by atoms with E-state index in [1.54, 1.807) is 0 Å². The van der Waals surface area contributed by atoms with Crippen LogP contribution in [-0.4, -0.2) is 24.3 Å². The second kappa shape index (κ2) is 4.15. The molecule has 0 saturated heterocycles. The third kappa shape index (κ3) is 1.67. The van der Waals surface area contributed by atoms with Crippen LogP contribution >= 0.6 is 0 Å². The van der Waals surface area contributed by atoms with Gasteiger partial charge in [-0.2, -0.15) is 0 Å². The Morgan fingerprint density at radius 2 is 1.95 bits per heavy atom. The van der Waals surface area contributed by atoms with Crippen molar-refractivity contribution in [2.24, 2.45) is 22.7 Å². The Hall–Kier alpha value is -0.700. The Kier molecular flexibility index (Phi) is 2.90. The normalized spacial score (nSPS) is 44.3. The quantitative estimate of drug-likeness (QED) is 0.770. The molecule has 3 saturated carbocycles. The van der Waals surface area contributed by atoms with Gasteiger partial charge < -0.3 is 4.74 Å². The topological polar surface area (TPSA) is 43.4 Å². The summed E-state index contributed by atoms with van der Waals surface area (Å²) in [7, 11) is 0. The molecular weight excluding hydrogens is 240 g/mol. The predicted molar refractivity (Wildman–Crippen MR) is 71.7 cm³/mol. The van der Waals surface area contributed by atoms with Gasteiger partial charge in [-0.05, 0) is 44.9 Å². The Morgan fingerprint density at radius 3 is 2.53 bits per heavy atom. The van der Waals surface area contributed by atoms with E-state index in [1.807, 2.05) is 20.8 Å². The maximum absolute atomic E-state index is 12.8. The molecule has 0 N–H and O–H groups in total. The van der Waals surface area contributed by atoms with Gasteiger partial charge in [0.05, 0.1) is 11.5 Å². The van der Waals surface area contributed by atoms with E-state index in [0.29, 0.717) is 18.8 Å². The molecule has 106 valence electrons. The molecule has 0 heterocycles. The third-order valence-electron chi connectivity index (χ3n) is 5.85. The van der Waals surface area contributed by atoms with E-state index >= 15 is 0 Å². The molecule has 3 aliphatic rings. The van der Waals surface area contributed by atoms with Crippen molar-refractivity contribution in [1.29, 1.82) is 0 Å². The number of ether oxygens (including phenoxy) is 1. The number of rotatable bonds is 2. The molecule has 0 radical (unpaired) electrons. The van der Waals surface area contributed by atoms with Gasteiger partial charge in [0.1, 0.15) is 11.6 Å². The Bertz CT molecular complexity index is 424. The van der Waals surface area contributed by atoms with Crippen LogP contribution in [0.25, 0.3) is 0 Å². The molecule has 0 aromatic carbocycles. The molecule has 0 unspecified atom stereocenters. The summed E-state index contributed by atoms with van der Waals surface area (Å²) in [5.41, 5.74) is -0.422. The maximum atomic E-state index is 12.8. The molecule has 0 amide bonds. The first-order chi connectivity index (χ1) is 8.95. The third-order valence-corrected chi connectivity index (χ3v) is 5.85. The number of ketones is 2. The van der Waals surface area contributed by atoms with Crippen molar-refractivity contribution in [2.75, 3.05) is 6.61 Å². The minimum absolute atomic E-state index is 0.0621. The summed E-state index contributed by atoms with van der Waals surface area (Å²) in [5, 5.41) is 0. The molecule has 3 aliphatic carbocycles. The van der Waals surface area contributed by atoms with Crippen LogP contribution < -0.4 is 0 Å². The van der Waals surface area contributed by atoms with Crippen molar-refractivity contribution in [3.63, 3.8) is 0 Å². The van der Waals surface area contributed by atoms with Crippen LogP contribution in [0.1, 0.15) is 52.9 Å². The van der Waals surface area contributed by atoms with Crippen LogP contribution in [-0.2, 0) is 14.3 Å². The minimum Gasteiger partial charge on any atom is -0.377 e. The minimum atomic E-state index is -0.570. The van der Waals surface area contributed by atoms with Crippen molar-refractivity contribution < 1.29 is 14.3 Å². The molecule has 0 bridgehead atoms. The Labute approximate surface area is 115 Å². The molecule has 0 aromatic rings. The summed E-state index contributed by atoms with van der Waals surface area (Å²) in [6.07, 6.45) is 4.63. The van der Waals surface area contributed by atoms with Crippen molar-refractivity contribution in [3.05, 3.63) is 0 Å². The van der Waals surface area contributed by atoms with Crippen molar-refractivity contribution >= 4 is 11.6 Å². The highest BCUT2D eigenvalue weighted by Gasteiger charge is 2.68. The molecule has 0 aromatic heterocycles. The highest BCUT2D eigenvalue weighted by molar-refractivity contribution is 6.01. The van der Waals surface area contributed by atoms with Gasteiger partial charge in [-0.15, -0.1) is 0 Å². The molecule has 1 spiro atoms. The van der Waals surface area contributed by atoms with E-state index < -0.39 is 5.41 Å². The van der Waals surface area contributed by atoms with Crippen LogP contribution in [0, 0.1) is 22.7 Å². The summed E-state index contributed by atoms with van der Waals surface area (Å²) in [5.74, 6) is 0.373. The second-order valence-corrected chi connectivity index (χ2v) is 7.00. The predicted octanol–water partition coefficient (Wildman–Crippen LogP) is 2.77. The fraction of sp³-hybridized carbons (Fsp3) is 0.875. The number of fused-ring (bicyclic) bond motifs is 2. The second-order valence-electron chi connectivity index (χ2n) is 7.00. The standard InChI is InChI=1S/C16H24O3/c1-4-19-12-5-6-16(7-8-16)13-11(17)9-10(2)14(18)15(12,13)3/h10,12-13H,4-9H2,1-3H3/t10-,12+,13-,15+/m1/s1. The molecule has 19 heavy (non-hydrogen) atoms. The van der Waals surface area contributed by atoms with Crippen LogP contribution in [0.2, 0.25) is 0 Å². The molecule has 3 nitrogen and oxygen atoms in total. The summed E-state index contributed by atoms with van der Waals surface area (Å²) < 4.78 is 5.87. The molecule has 0 aliphatic heterocycles. The van der Waals surface area contributed by atoms with Crippen LogP contribution in [0.4, 0.5) is 0 Å². The lowest BCUT2D eigenvalue weighted by atomic mass is 9.51. The van der Waals surface area contributed by atoms with Gasteiger partial charge in [-0.1, -0.05) is 6.92 Å². The largest absolute Gasteiger partial charge is 0.377 e. The number of carbonyl (C=O) groups excluding carboxylic acids is 2. The van der Waals surface area contributed by atoms with Gasteiger partial charge in [0.15, 0.2) is 0 Å². The molecule has 3 fully saturated rings. The lowest BCUT2D eigenvalue weighted by molar-refractivity contribution is -0.174. The number of hydrogen-bond donors (Lipinski definition) is 0. The fourth-order valence-corrected chi connectivity index (χ4v) is 4.86. The molecular formula is C16H24O3. The van der Waals surface area contributed by atoms with Crippen molar-refractivity contribution in [2.45, 2.75) is 59.0 Å². The van der Waals surface area contributed by atoms with Gasteiger partial charge >= 0.3 is 0 Å². The zero-order valence-corrected chi connectivity index (χ0v) is 12.2. The van der Waals surface area contributed by atoms with E-state index in [1.165, 1.54) is 0 Å². The first-order valence-electron chi connectivity index (χ1n) is 7.64. The van der Waals surface area contributed by atoms with Crippen LogP contribution in [0.5, 0.6) is 0 Å². The van der Waals surface area contributed by atoms with Gasteiger partial charge in [0.2, 0.25) is 0 Å². The van der Waals surface area contributed by atoms with Crippen LogP contribution in [0.15, 0.2) is 0 Å². The smallest absolute Gasteiger partial charge is 0.145 e. The van der Waals surface area contributed by atoms with Crippen molar-refractivity contribution in [3.8, 4) is 0 Å². The van der Waals surface area contributed by atoms with E-state index in [-0.39, 0.29) is 29.1 Å². The lowest BCUT2D eigenvalue weighted by Gasteiger charge is -2.53. The van der Waals surface area contributed by atoms with Gasteiger partial charge in [-0.25, -0.2) is 0 Å². The first-order valence-corrected chi connectivity index (χ1v) is 7.64. The fourth-order valence-electron chi connectivity index (χ4n) is 4.86. The van der Waals surface area contributed by atoms with Gasteiger partial charge in [0, 0.05) is 24.9 Å². The summed E-state index contributed by atoms with van der Waals surface area (Å²) in [4.78, 5) is 25.4.